The van der Waals surface area contributed by atoms with Crippen molar-refractivity contribution >= 4 is 17.5 Å². The summed E-state index contributed by atoms with van der Waals surface area (Å²) in [5, 5.41) is 10.4. The normalized spacial score (nSPS) is 16.6. The zero-order chi connectivity index (χ0) is 24.3. The van der Waals surface area contributed by atoms with Crippen molar-refractivity contribution in [1.29, 1.82) is 0 Å². The van der Waals surface area contributed by atoms with Crippen molar-refractivity contribution in [2.24, 2.45) is 0 Å². The predicted octanol–water partition coefficient (Wildman–Crippen LogP) is 4.79. The van der Waals surface area contributed by atoms with Crippen LogP contribution < -0.4 is 15.0 Å². The maximum absolute atomic E-state index is 14.4. The second kappa shape index (κ2) is 9.71. The van der Waals surface area contributed by atoms with Crippen molar-refractivity contribution < 1.29 is 35.8 Å². The highest BCUT2D eigenvalue weighted by Crippen LogP contribution is 2.29. The summed E-state index contributed by atoms with van der Waals surface area (Å²) in [6.45, 7) is -3.41. The quantitative estimate of drug-likeness (QED) is 0.504. The van der Waals surface area contributed by atoms with Gasteiger partial charge in [-0.2, -0.15) is 27.1 Å². The number of halogens is 6. The van der Waals surface area contributed by atoms with Crippen molar-refractivity contribution in [2.45, 2.75) is 18.9 Å². The molecule has 1 atom stereocenters. The summed E-state index contributed by atoms with van der Waals surface area (Å²) in [7, 11) is 0. The van der Waals surface area contributed by atoms with E-state index in [0.717, 1.165) is 6.07 Å². The Bertz CT molecular complexity index is 1130. The third kappa shape index (κ3) is 5.65. The Morgan fingerprint density at radius 3 is 2.56 bits per heavy atom. The molecule has 1 aliphatic heterocycles. The van der Waals surface area contributed by atoms with Gasteiger partial charge in [-0.15, -0.1) is 5.10 Å². The lowest BCUT2D eigenvalue weighted by molar-refractivity contribution is -0.221. The van der Waals surface area contributed by atoms with Gasteiger partial charge in [0.15, 0.2) is 23.6 Å². The fourth-order valence-electron chi connectivity index (χ4n) is 3.29. The van der Waals surface area contributed by atoms with Gasteiger partial charge in [-0.3, -0.25) is 0 Å². The minimum atomic E-state index is -4.53. The van der Waals surface area contributed by atoms with Crippen molar-refractivity contribution in [2.75, 3.05) is 29.9 Å². The lowest BCUT2D eigenvalue weighted by Crippen LogP contribution is -2.49. The van der Waals surface area contributed by atoms with E-state index in [1.807, 2.05) is 0 Å². The molecule has 0 spiro atoms. The first-order chi connectivity index (χ1) is 16.2. The lowest BCUT2D eigenvalue weighted by atomic mass is 10.1. The molecule has 7 nitrogen and oxygen atoms in total. The molecule has 4 rings (SSSR count). The van der Waals surface area contributed by atoms with Crippen LogP contribution in [-0.4, -0.2) is 53.8 Å². The highest BCUT2D eigenvalue weighted by Gasteiger charge is 2.43. The van der Waals surface area contributed by atoms with Crippen molar-refractivity contribution in [3.8, 4) is 16.9 Å². The Labute approximate surface area is 189 Å². The first-order valence-electron chi connectivity index (χ1n) is 9.94. The molecule has 1 aliphatic rings. The highest BCUT2D eigenvalue weighted by molar-refractivity contribution is 5.68. The topological polar surface area (TPSA) is 72.4 Å². The molecule has 1 fully saturated rings. The van der Waals surface area contributed by atoms with Gasteiger partial charge in [-0.1, -0.05) is 12.1 Å². The Morgan fingerprint density at radius 2 is 1.85 bits per heavy atom. The summed E-state index contributed by atoms with van der Waals surface area (Å²) in [4.78, 5) is 5.47. The molecule has 0 radical (unpaired) electrons. The van der Waals surface area contributed by atoms with E-state index in [-0.39, 0.29) is 36.4 Å². The maximum Gasteiger partial charge on any atom is 0.416 e. The zero-order valence-corrected chi connectivity index (χ0v) is 17.3. The van der Waals surface area contributed by atoms with Crippen LogP contribution in [0, 0.1) is 5.82 Å². The molecule has 3 aromatic rings. The molecule has 180 valence electrons. The lowest BCUT2D eigenvalue weighted by Gasteiger charge is -2.34. The number of rotatable bonds is 6. The van der Waals surface area contributed by atoms with Crippen LogP contribution in [0.2, 0.25) is 0 Å². The molecular weight excluding hydrogens is 468 g/mol. The number of anilines is 3. The van der Waals surface area contributed by atoms with E-state index < -0.39 is 31.3 Å². The van der Waals surface area contributed by atoms with Gasteiger partial charge in [0.25, 0.3) is 0 Å². The van der Waals surface area contributed by atoms with E-state index in [4.69, 9.17) is 4.74 Å². The largest absolute Gasteiger partial charge is 0.435 e. The minimum absolute atomic E-state index is 0.0157. The van der Waals surface area contributed by atoms with Crippen LogP contribution in [-0.2, 0) is 4.74 Å². The van der Waals surface area contributed by atoms with Crippen LogP contribution in [0.15, 0.2) is 48.7 Å². The predicted molar refractivity (Wildman–Crippen MR) is 110 cm³/mol. The van der Waals surface area contributed by atoms with E-state index in [9.17, 15) is 26.3 Å². The van der Waals surface area contributed by atoms with Crippen molar-refractivity contribution in [1.82, 2.24) is 15.2 Å². The van der Waals surface area contributed by atoms with Crippen LogP contribution >= 0.6 is 0 Å². The number of morpholine rings is 1. The molecule has 0 saturated carbocycles. The summed E-state index contributed by atoms with van der Waals surface area (Å²) in [6, 6.07) is 9.68. The van der Waals surface area contributed by atoms with Gasteiger partial charge in [-0.25, -0.2) is 9.37 Å². The fourth-order valence-corrected chi connectivity index (χ4v) is 3.29. The molecule has 1 saturated heterocycles. The molecule has 2 aromatic heterocycles. The van der Waals surface area contributed by atoms with E-state index in [2.05, 4.69) is 25.2 Å². The van der Waals surface area contributed by atoms with Crippen LogP contribution in [0.1, 0.15) is 0 Å². The molecular formula is C21H17F6N5O2. The number of nitrogens with one attached hydrogen (secondary N) is 1. The fraction of sp³-hybridized carbons (Fsp3) is 0.286. The van der Waals surface area contributed by atoms with Gasteiger partial charge < -0.3 is 19.7 Å². The number of hydrogen-bond acceptors (Lipinski definition) is 7. The SMILES string of the molecule is Fc1ccc(N2CCOC(C(F)(F)F)C2)nc1Nc1cc(-c2ccc(OC(F)F)cc2)cnn1. The average Bonchev–Trinajstić information content (AvgIpc) is 2.80. The Morgan fingerprint density at radius 1 is 1.09 bits per heavy atom. The van der Waals surface area contributed by atoms with Crippen LogP contribution in [0.3, 0.4) is 0 Å². The second-order valence-electron chi connectivity index (χ2n) is 7.20. The van der Waals surface area contributed by atoms with Gasteiger partial charge in [0.2, 0.25) is 0 Å². The number of hydrogen-bond donors (Lipinski definition) is 1. The summed E-state index contributed by atoms with van der Waals surface area (Å²) in [5.74, 6) is -0.757. The van der Waals surface area contributed by atoms with Gasteiger partial charge in [-0.05, 0) is 35.9 Å². The van der Waals surface area contributed by atoms with Crippen molar-refractivity contribution in [3.05, 3.63) is 54.5 Å². The number of alkyl halides is 5. The van der Waals surface area contributed by atoms with E-state index in [0.29, 0.717) is 11.1 Å². The van der Waals surface area contributed by atoms with Gasteiger partial charge >= 0.3 is 12.8 Å². The zero-order valence-electron chi connectivity index (χ0n) is 17.3. The molecule has 0 bridgehead atoms. The summed E-state index contributed by atoms with van der Waals surface area (Å²) in [6.07, 6.45) is -5.08. The molecule has 0 amide bonds. The van der Waals surface area contributed by atoms with E-state index in [1.165, 1.54) is 47.5 Å². The third-order valence-electron chi connectivity index (χ3n) is 4.90. The Hall–Kier alpha value is -3.61. The summed E-state index contributed by atoms with van der Waals surface area (Å²) >= 11 is 0. The number of benzene rings is 1. The Balaban J connectivity index is 1.52. The standard InChI is InChI=1S/C21H17F6N5O2/c22-15-5-6-18(32-7-8-33-16(11-32)21(25,26)27)30-19(15)29-17-9-13(10-28-31-17)12-1-3-14(4-2-12)34-20(23)24/h1-6,9-10,16,20H,7-8,11H2,(H,29,30,31). The third-order valence-corrected chi connectivity index (χ3v) is 4.90. The van der Waals surface area contributed by atoms with E-state index >= 15 is 0 Å². The summed E-state index contributed by atoms with van der Waals surface area (Å²) < 4.78 is 87.1. The van der Waals surface area contributed by atoms with Crippen LogP contribution in [0.5, 0.6) is 5.75 Å². The van der Waals surface area contributed by atoms with Crippen molar-refractivity contribution in [3.63, 3.8) is 0 Å². The Kier molecular flexibility index (Phi) is 6.72. The van der Waals surface area contributed by atoms with Crippen LogP contribution in [0.25, 0.3) is 11.1 Å². The van der Waals surface area contributed by atoms with Gasteiger partial charge in [0, 0.05) is 12.1 Å². The molecule has 13 heteroatoms. The van der Waals surface area contributed by atoms with E-state index in [1.54, 1.807) is 0 Å². The van der Waals surface area contributed by atoms with Crippen LogP contribution in [0.4, 0.5) is 43.8 Å². The number of nitrogens with zero attached hydrogens (tertiary/aromatic N) is 4. The molecule has 1 N–H and O–H groups in total. The number of ether oxygens (including phenoxy) is 2. The first kappa shape index (κ1) is 23.5. The van der Waals surface area contributed by atoms with Gasteiger partial charge in [0.05, 0.1) is 19.3 Å². The molecule has 1 unspecified atom stereocenters. The molecule has 3 heterocycles. The first-order valence-corrected chi connectivity index (χ1v) is 9.94. The van der Waals surface area contributed by atoms with Gasteiger partial charge in [0.1, 0.15) is 11.6 Å². The monoisotopic (exact) mass is 485 g/mol. The maximum atomic E-state index is 14.4. The number of aromatic nitrogens is 3. The summed E-state index contributed by atoms with van der Waals surface area (Å²) in [5.41, 5.74) is 1.15. The molecule has 34 heavy (non-hydrogen) atoms. The number of pyridine rings is 1. The highest BCUT2D eigenvalue weighted by atomic mass is 19.4. The molecule has 0 aliphatic carbocycles. The molecule has 1 aromatic carbocycles. The second-order valence-corrected chi connectivity index (χ2v) is 7.20. The smallest absolute Gasteiger partial charge is 0.416 e. The minimum Gasteiger partial charge on any atom is -0.435 e. The average molecular weight is 485 g/mol.